The molecule has 112 heavy (non-hydrogen) atoms. The van der Waals surface area contributed by atoms with Crippen molar-refractivity contribution < 1.29 is 160 Å². The smallest absolute Gasteiger partial charge is 0.312 e. The second-order valence-electron chi connectivity index (χ2n) is 25.0. The van der Waals surface area contributed by atoms with Gasteiger partial charge in [-0.05, 0) is 172 Å². The molecule has 6 heterocycles. The summed E-state index contributed by atoms with van der Waals surface area (Å²) in [4.78, 5) is 21.4. The third kappa shape index (κ3) is 26.5. The highest BCUT2D eigenvalue weighted by molar-refractivity contribution is 5.66. The van der Waals surface area contributed by atoms with Crippen molar-refractivity contribution in [2.75, 3.05) is 165 Å². The number of aliphatic hydroxyl groups excluding tert-OH is 3. The van der Waals surface area contributed by atoms with Gasteiger partial charge in [-0.3, -0.25) is 9.59 Å². The van der Waals surface area contributed by atoms with Gasteiger partial charge in [0.2, 0.25) is 0 Å². The van der Waals surface area contributed by atoms with Crippen LogP contribution in [0.3, 0.4) is 0 Å². The van der Waals surface area contributed by atoms with Crippen molar-refractivity contribution in [1.82, 2.24) is 0 Å². The van der Waals surface area contributed by atoms with Gasteiger partial charge >= 0.3 is 47.8 Å². The molecular weight excluding hydrogens is 1480 g/mol. The largest absolute Gasteiger partial charge is 0.508 e. The van der Waals surface area contributed by atoms with Crippen LogP contribution in [0, 0.1) is 27.7 Å². The van der Waals surface area contributed by atoms with Gasteiger partial charge in [0.1, 0.15) is 42.0 Å². The molecule has 0 aliphatic carbocycles. The molecule has 33 heteroatoms. The Labute approximate surface area is 649 Å². The predicted molar refractivity (Wildman–Crippen MR) is 391 cm³/mol. The van der Waals surface area contributed by atoms with Crippen LogP contribution in [-0.4, -0.2) is 228 Å². The molecule has 12 rings (SSSR count). The maximum atomic E-state index is 10.7. The van der Waals surface area contributed by atoms with E-state index in [1.54, 1.807) is 99.6 Å². The lowest BCUT2D eigenvalue weighted by atomic mass is 10.1. The molecule has 0 spiro atoms. The number of phenols is 7. The Balaban J connectivity index is 0.000000187. The van der Waals surface area contributed by atoms with Crippen molar-refractivity contribution in [3.05, 3.63) is 171 Å². The number of carbonyl (C=O) groups is 2. The molecular formula is C79H106O33. The maximum Gasteiger partial charge on any atom is 0.312 e. The molecule has 620 valence electrons. The average Bonchev–Trinajstić information content (AvgIpc) is 1.54. The standard InChI is InChI=1S/C17H26O5.2C14H18O6.C12H16O5.C11H14O6.C11H14O5/c1-3-4-5-8-19-9-10-20-17(21-11-12-22-17)15-6-7-16(18)14(2)13-15;2*1-10-9-12(3-4-13(10)16)14(19-7-8-20-14)18-6-5-17-11(2)15;1-9-8-10(2-3-11(9)14)12(15-5-4-13)16-6-7-17-12;12-3-4-15-11(16-5-6-17-11)8-1-2-9(13)10(14)7-8;12-5-6-14-11(15-7-8-16-11)9-1-3-10(13)4-2-9/h6-7,13,18H,3-5,8-12H2,1-2H3;2*3-4,9,16H,5-8H2,1-2H3;2-3,8,13-14H,4-7H2,1H3;1-2,7,12-14H,3-6H2;1-4,12-13H,5-8H2. The number of benzene rings is 6. The Hall–Kier alpha value is -8.02. The van der Waals surface area contributed by atoms with E-state index in [1.807, 2.05) is 13.0 Å². The zero-order chi connectivity index (χ0) is 81.1. The molecule has 6 aromatic rings. The highest BCUT2D eigenvalue weighted by Crippen LogP contribution is 2.41. The molecule has 0 amide bonds. The first kappa shape index (κ1) is 91.2. The van der Waals surface area contributed by atoms with Gasteiger partial charge in [0, 0.05) is 53.8 Å². The number of hydrogen-bond donors (Lipinski definition) is 10. The summed E-state index contributed by atoms with van der Waals surface area (Å²) in [6.07, 6.45) is 3.44. The van der Waals surface area contributed by atoms with E-state index in [0.29, 0.717) is 137 Å². The molecule has 0 unspecified atom stereocenters. The predicted octanol–water partition coefficient (Wildman–Crippen LogP) is 7.64. The number of hydrogen-bond acceptors (Lipinski definition) is 33. The molecule has 0 bridgehead atoms. The van der Waals surface area contributed by atoms with Crippen LogP contribution in [0.2, 0.25) is 0 Å². The molecule has 10 N–H and O–H groups in total. The quantitative estimate of drug-likeness (QED) is 0.0113. The van der Waals surface area contributed by atoms with Crippen molar-refractivity contribution in [2.24, 2.45) is 0 Å². The third-order valence-electron chi connectivity index (χ3n) is 16.7. The van der Waals surface area contributed by atoms with Gasteiger partial charge in [0.25, 0.3) is 0 Å². The molecule has 0 atom stereocenters. The minimum absolute atomic E-state index is 0.0433. The average molecular weight is 1580 g/mol. The number of aliphatic hydroxyl groups is 3. The number of esters is 2. The first-order valence-electron chi connectivity index (χ1n) is 36.6. The third-order valence-corrected chi connectivity index (χ3v) is 16.7. The molecule has 6 saturated heterocycles. The van der Waals surface area contributed by atoms with Crippen molar-refractivity contribution in [1.29, 1.82) is 0 Å². The minimum atomic E-state index is -1.41. The van der Waals surface area contributed by atoms with E-state index in [9.17, 15) is 45.3 Å². The van der Waals surface area contributed by atoms with E-state index in [-0.39, 0.29) is 118 Å². The maximum absolute atomic E-state index is 10.7. The van der Waals surface area contributed by atoms with Crippen molar-refractivity contribution in [2.45, 2.75) is 104 Å². The van der Waals surface area contributed by atoms with E-state index in [2.05, 4.69) is 6.92 Å². The fraction of sp³-hybridized carbons (Fsp3) is 0.519. The summed E-state index contributed by atoms with van der Waals surface area (Å²) in [5, 5.41) is 92.5. The number of ether oxygens (including phenoxy) is 21. The second kappa shape index (κ2) is 45.8. The Morgan fingerprint density at radius 2 is 0.554 bits per heavy atom. The number of carbonyl (C=O) groups excluding carboxylic acids is 2. The van der Waals surface area contributed by atoms with Gasteiger partial charge in [-0.25, -0.2) is 0 Å². The van der Waals surface area contributed by atoms with Crippen molar-refractivity contribution >= 4 is 11.9 Å². The van der Waals surface area contributed by atoms with Crippen LogP contribution >= 0.6 is 0 Å². The van der Waals surface area contributed by atoms with Crippen molar-refractivity contribution in [3.63, 3.8) is 0 Å². The zero-order valence-corrected chi connectivity index (χ0v) is 64.1. The lowest BCUT2D eigenvalue weighted by Gasteiger charge is -2.27. The first-order chi connectivity index (χ1) is 53.9. The summed E-state index contributed by atoms with van der Waals surface area (Å²) in [5.74, 6) is -7.89. The highest BCUT2D eigenvalue weighted by Gasteiger charge is 2.46. The fourth-order valence-corrected chi connectivity index (χ4v) is 11.2. The lowest BCUT2D eigenvalue weighted by molar-refractivity contribution is -0.345. The number of aromatic hydroxyl groups is 7. The van der Waals surface area contributed by atoms with E-state index >= 15 is 0 Å². The summed E-state index contributed by atoms with van der Waals surface area (Å²) >= 11 is 0. The van der Waals surface area contributed by atoms with Crippen LogP contribution < -0.4 is 0 Å². The number of aryl methyl sites for hydroxylation is 4. The van der Waals surface area contributed by atoms with Crippen LogP contribution in [0.5, 0.6) is 40.2 Å². The van der Waals surface area contributed by atoms with E-state index in [1.165, 1.54) is 57.0 Å². The molecule has 6 aromatic carbocycles. The Morgan fingerprint density at radius 3 is 0.812 bits per heavy atom. The second-order valence-corrected chi connectivity index (χ2v) is 25.0. The van der Waals surface area contributed by atoms with Crippen LogP contribution in [-0.2, 0) is 145 Å². The van der Waals surface area contributed by atoms with Gasteiger partial charge in [-0.1, -0.05) is 19.8 Å². The van der Waals surface area contributed by atoms with E-state index in [0.717, 1.165) is 24.2 Å². The number of phenolic OH excluding ortho intramolecular Hbond substituents is 7. The van der Waals surface area contributed by atoms with Crippen LogP contribution in [0.15, 0.2) is 115 Å². The summed E-state index contributed by atoms with van der Waals surface area (Å²) < 4.78 is 115. The topological polar surface area (TPSA) is 430 Å². The zero-order valence-electron chi connectivity index (χ0n) is 64.1. The van der Waals surface area contributed by atoms with E-state index < -0.39 is 35.8 Å². The van der Waals surface area contributed by atoms with Crippen LogP contribution in [0.1, 0.15) is 95.7 Å². The lowest BCUT2D eigenvalue weighted by Crippen LogP contribution is -2.32. The molecule has 6 fully saturated rings. The summed E-state index contributed by atoms with van der Waals surface area (Å²) in [6.45, 7) is 19.2. The minimum Gasteiger partial charge on any atom is -0.508 e. The van der Waals surface area contributed by atoms with Gasteiger partial charge < -0.3 is 151 Å². The van der Waals surface area contributed by atoms with Gasteiger partial charge in [0.15, 0.2) is 11.5 Å². The fourth-order valence-electron chi connectivity index (χ4n) is 11.2. The van der Waals surface area contributed by atoms with Gasteiger partial charge in [-0.2, -0.15) is 0 Å². The molecule has 0 aromatic heterocycles. The van der Waals surface area contributed by atoms with Gasteiger partial charge in [-0.15, -0.1) is 0 Å². The molecule has 6 aliphatic heterocycles. The Kier molecular flexibility index (Phi) is 37.2. The highest BCUT2D eigenvalue weighted by atomic mass is 16.9. The van der Waals surface area contributed by atoms with Crippen molar-refractivity contribution in [3.8, 4) is 40.2 Å². The Morgan fingerprint density at radius 1 is 0.304 bits per heavy atom. The number of rotatable bonds is 31. The monoisotopic (exact) mass is 1580 g/mol. The summed E-state index contributed by atoms with van der Waals surface area (Å²) in [5.41, 5.74) is 6.72. The summed E-state index contributed by atoms with van der Waals surface area (Å²) in [6, 6.07) is 30.7. The molecule has 33 nitrogen and oxygen atoms in total. The molecule has 0 radical (unpaired) electrons. The summed E-state index contributed by atoms with van der Waals surface area (Å²) in [7, 11) is 0. The molecule has 6 aliphatic rings. The SMILES string of the molecule is CC(=O)OCCOC1(c2ccc(O)c(C)c2)OCCO1.CC(=O)OCCOC1(c2ccc(O)c(C)c2)OCCO1.CCCCCOCCOC1(c2ccc(O)c(C)c2)OCCO1.Cc1cc(C2(OCCO)OCCO2)ccc1O.OCCOC1(c2ccc(O)c(O)c2)OCCO1.OCCOC1(c2ccc(O)cc2)OCCO1. The number of unbranched alkanes of at least 4 members (excludes halogenated alkanes) is 2. The molecule has 0 saturated carbocycles. The van der Waals surface area contributed by atoms with Crippen LogP contribution in [0.25, 0.3) is 0 Å². The van der Waals surface area contributed by atoms with E-state index in [4.69, 9.17) is 115 Å². The first-order valence-corrected chi connectivity index (χ1v) is 36.6. The Bertz CT molecular complexity index is 3600. The van der Waals surface area contributed by atoms with Crippen LogP contribution in [0.4, 0.5) is 0 Å². The normalized spacial score (nSPS) is 17.7. The van der Waals surface area contributed by atoms with Gasteiger partial charge in [0.05, 0.1) is 145 Å².